The largest absolute Gasteiger partial charge is 0.493 e. The van der Waals surface area contributed by atoms with E-state index in [-0.39, 0.29) is 17.6 Å². The number of rotatable bonds is 1. The Bertz CT molecular complexity index is 351. The molecule has 84 valence electrons. The van der Waals surface area contributed by atoms with Crippen molar-refractivity contribution in [2.24, 2.45) is 0 Å². The summed E-state index contributed by atoms with van der Waals surface area (Å²) in [6, 6.07) is 0. The van der Waals surface area contributed by atoms with Crippen molar-refractivity contribution >= 4 is 16.5 Å². The van der Waals surface area contributed by atoms with Crippen molar-refractivity contribution in [3.63, 3.8) is 0 Å². The van der Waals surface area contributed by atoms with Gasteiger partial charge in [0.15, 0.2) is 5.13 Å². The molecule has 4 nitrogen and oxygen atoms in total. The number of anilines is 1. The fourth-order valence-electron chi connectivity index (χ4n) is 2.00. The zero-order chi connectivity index (χ0) is 11.1. The number of aromatic nitrogens is 1. The highest BCUT2D eigenvalue weighted by molar-refractivity contribution is 7.13. The van der Waals surface area contributed by atoms with Crippen molar-refractivity contribution in [2.45, 2.75) is 32.5 Å². The van der Waals surface area contributed by atoms with Crippen LogP contribution in [0.25, 0.3) is 0 Å². The lowest BCUT2D eigenvalue weighted by molar-refractivity contribution is -0.0749. The van der Waals surface area contributed by atoms with E-state index in [1.54, 1.807) is 5.38 Å². The van der Waals surface area contributed by atoms with Crippen LogP contribution in [0.2, 0.25) is 0 Å². The summed E-state index contributed by atoms with van der Waals surface area (Å²) in [4.78, 5) is 6.24. The van der Waals surface area contributed by atoms with E-state index in [0.29, 0.717) is 0 Å². The van der Waals surface area contributed by atoms with E-state index in [9.17, 15) is 5.11 Å². The summed E-state index contributed by atoms with van der Waals surface area (Å²) in [7, 11) is 0. The number of hydrogen-bond donors (Lipinski definition) is 1. The lowest BCUT2D eigenvalue weighted by Crippen LogP contribution is -2.52. The molecular weight excluding hydrogens is 212 g/mol. The number of ether oxygens (including phenoxy) is 1. The van der Waals surface area contributed by atoms with E-state index in [1.165, 1.54) is 11.3 Å². The van der Waals surface area contributed by atoms with E-state index in [0.717, 1.165) is 18.2 Å². The molecule has 5 heteroatoms. The molecule has 0 aliphatic carbocycles. The molecule has 0 saturated carbocycles. The Morgan fingerprint density at radius 1 is 1.67 bits per heavy atom. The standard InChI is InChI=1S/C10H16N2O2S/c1-7-4-12(6-10(2,3)14-7)9-11-8(13)5-15-9/h5,7,13H,4,6H2,1-3H3. The lowest BCUT2D eigenvalue weighted by Gasteiger charge is -2.41. The Labute approximate surface area is 93.5 Å². The first-order chi connectivity index (χ1) is 6.96. The average molecular weight is 228 g/mol. The van der Waals surface area contributed by atoms with Gasteiger partial charge in [0.2, 0.25) is 5.88 Å². The number of hydrogen-bond acceptors (Lipinski definition) is 5. The average Bonchev–Trinajstić information content (AvgIpc) is 2.48. The molecule has 2 rings (SSSR count). The van der Waals surface area contributed by atoms with Gasteiger partial charge in [0.05, 0.1) is 17.1 Å². The van der Waals surface area contributed by atoms with Crippen molar-refractivity contribution in [3.8, 4) is 5.88 Å². The van der Waals surface area contributed by atoms with E-state index in [2.05, 4.69) is 30.7 Å². The maximum absolute atomic E-state index is 9.22. The SMILES string of the molecule is CC1CN(c2nc(O)cs2)CC(C)(C)O1. The second-order valence-corrected chi connectivity index (χ2v) is 5.39. The molecule has 2 heterocycles. The van der Waals surface area contributed by atoms with Gasteiger partial charge < -0.3 is 14.7 Å². The molecule has 1 aromatic rings. The smallest absolute Gasteiger partial charge is 0.223 e. The molecule has 1 fully saturated rings. The van der Waals surface area contributed by atoms with Crippen molar-refractivity contribution in [1.82, 2.24) is 4.98 Å². The molecule has 1 unspecified atom stereocenters. The molecule has 0 spiro atoms. The Hall–Kier alpha value is -0.810. The van der Waals surface area contributed by atoms with Crippen LogP contribution in [-0.4, -0.2) is 34.9 Å². The Morgan fingerprint density at radius 3 is 2.93 bits per heavy atom. The van der Waals surface area contributed by atoms with Crippen molar-refractivity contribution < 1.29 is 9.84 Å². The molecular formula is C10H16N2O2S. The fraction of sp³-hybridized carbons (Fsp3) is 0.700. The van der Waals surface area contributed by atoms with Gasteiger partial charge in [-0.15, -0.1) is 11.3 Å². The molecule has 1 aromatic heterocycles. The minimum absolute atomic E-state index is 0.104. The van der Waals surface area contributed by atoms with Crippen LogP contribution in [0.3, 0.4) is 0 Å². The zero-order valence-electron chi connectivity index (χ0n) is 9.23. The molecule has 0 aromatic carbocycles. The predicted octanol–water partition coefficient (Wildman–Crippen LogP) is 1.85. The van der Waals surface area contributed by atoms with Crippen LogP contribution in [-0.2, 0) is 4.74 Å². The quantitative estimate of drug-likeness (QED) is 0.797. The summed E-state index contributed by atoms with van der Waals surface area (Å²) >= 11 is 1.47. The van der Waals surface area contributed by atoms with Crippen LogP contribution < -0.4 is 4.90 Å². The van der Waals surface area contributed by atoms with E-state index >= 15 is 0 Å². The van der Waals surface area contributed by atoms with Gasteiger partial charge in [0, 0.05) is 13.1 Å². The first-order valence-corrected chi connectivity index (χ1v) is 5.91. The van der Waals surface area contributed by atoms with Crippen molar-refractivity contribution in [2.75, 3.05) is 18.0 Å². The lowest BCUT2D eigenvalue weighted by atomic mass is 10.1. The minimum Gasteiger partial charge on any atom is -0.493 e. The summed E-state index contributed by atoms with van der Waals surface area (Å²) in [5.41, 5.74) is -0.154. The van der Waals surface area contributed by atoms with E-state index < -0.39 is 0 Å². The highest BCUT2D eigenvalue weighted by Gasteiger charge is 2.32. The summed E-state index contributed by atoms with van der Waals surface area (Å²) < 4.78 is 5.80. The van der Waals surface area contributed by atoms with Gasteiger partial charge in [0.25, 0.3) is 0 Å². The topological polar surface area (TPSA) is 45.6 Å². The van der Waals surface area contributed by atoms with Gasteiger partial charge in [-0.05, 0) is 20.8 Å². The Kier molecular flexibility index (Phi) is 2.60. The summed E-state index contributed by atoms with van der Waals surface area (Å²) in [6.45, 7) is 7.84. The van der Waals surface area contributed by atoms with E-state index in [4.69, 9.17) is 4.74 Å². The third-order valence-electron chi connectivity index (χ3n) is 2.32. The van der Waals surface area contributed by atoms with Gasteiger partial charge in [-0.25, -0.2) is 0 Å². The third-order valence-corrected chi connectivity index (χ3v) is 3.21. The molecule has 1 saturated heterocycles. The van der Waals surface area contributed by atoms with Crippen LogP contribution in [0.4, 0.5) is 5.13 Å². The third kappa shape index (κ3) is 2.41. The maximum Gasteiger partial charge on any atom is 0.223 e. The van der Waals surface area contributed by atoms with Crippen molar-refractivity contribution in [3.05, 3.63) is 5.38 Å². The molecule has 0 amide bonds. The van der Waals surface area contributed by atoms with Gasteiger partial charge in [-0.1, -0.05) is 0 Å². The van der Waals surface area contributed by atoms with Crippen LogP contribution in [0.1, 0.15) is 20.8 Å². The first kappa shape index (κ1) is 10.7. The second kappa shape index (κ2) is 3.64. The predicted molar refractivity (Wildman–Crippen MR) is 60.6 cm³/mol. The zero-order valence-corrected chi connectivity index (χ0v) is 10.0. The number of morpholine rings is 1. The molecule has 0 bridgehead atoms. The van der Waals surface area contributed by atoms with Gasteiger partial charge >= 0.3 is 0 Å². The Balaban J connectivity index is 2.16. The minimum atomic E-state index is -0.154. The van der Waals surface area contributed by atoms with Crippen LogP contribution >= 0.6 is 11.3 Å². The Morgan fingerprint density at radius 2 is 2.40 bits per heavy atom. The molecule has 0 radical (unpaired) electrons. The van der Waals surface area contributed by atoms with Gasteiger partial charge in [0.1, 0.15) is 0 Å². The normalized spacial score (nSPS) is 25.5. The van der Waals surface area contributed by atoms with Crippen LogP contribution in [0.15, 0.2) is 5.38 Å². The highest BCUT2D eigenvalue weighted by atomic mass is 32.1. The fourth-order valence-corrected chi connectivity index (χ4v) is 2.70. The first-order valence-electron chi connectivity index (χ1n) is 5.03. The second-order valence-electron chi connectivity index (χ2n) is 4.56. The monoisotopic (exact) mass is 228 g/mol. The molecule has 1 aliphatic heterocycles. The van der Waals surface area contributed by atoms with E-state index in [1.807, 2.05) is 0 Å². The molecule has 1 aliphatic rings. The number of aromatic hydroxyl groups is 1. The summed E-state index contributed by atoms with van der Waals surface area (Å²) in [5, 5.41) is 11.7. The van der Waals surface area contributed by atoms with Gasteiger partial charge in [-0.2, -0.15) is 4.98 Å². The van der Waals surface area contributed by atoms with Crippen molar-refractivity contribution in [1.29, 1.82) is 0 Å². The van der Waals surface area contributed by atoms with Crippen LogP contribution in [0, 0.1) is 0 Å². The number of thiazole rings is 1. The van der Waals surface area contributed by atoms with Crippen LogP contribution in [0.5, 0.6) is 5.88 Å². The molecule has 1 atom stereocenters. The van der Waals surface area contributed by atoms with Gasteiger partial charge in [-0.3, -0.25) is 0 Å². The summed E-state index contributed by atoms with van der Waals surface area (Å²) in [6.07, 6.45) is 0.194. The number of nitrogens with zero attached hydrogens (tertiary/aromatic N) is 2. The molecule has 15 heavy (non-hydrogen) atoms. The maximum atomic E-state index is 9.22. The molecule has 1 N–H and O–H groups in total. The highest BCUT2D eigenvalue weighted by Crippen LogP contribution is 2.29. The summed E-state index contributed by atoms with van der Waals surface area (Å²) in [5.74, 6) is 0.104.